The molecule has 0 bridgehead atoms. The minimum Gasteiger partial charge on any atom is -0.374 e. The Bertz CT molecular complexity index is 928. The van der Waals surface area contributed by atoms with E-state index in [1.165, 1.54) is 69.2 Å². The Kier molecular flexibility index (Phi) is 4.38. The molecule has 2 nitrogen and oxygen atoms in total. The molecule has 2 heteroatoms. The van der Waals surface area contributed by atoms with E-state index in [0.29, 0.717) is 0 Å². The van der Waals surface area contributed by atoms with E-state index < -0.39 is 0 Å². The minimum absolute atomic E-state index is 0.145. The Balaban J connectivity index is 1.68. The van der Waals surface area contributed by atoms with Gasteiger partial charge in [0.15, 0.2) is 5.78 Å². The van der Waals surface area contributed by atoms with Crippen molar-refractivity contribution in [2.75, 3.05) is 13.1 Å². The van der Waals surface area contributed by atoms with Crippen molar-refractivity contribution >= 4 is 11.9 Å². The highest BCUT2D eigenvalue weighted by molar-refractivity contribution is 6.02. The number of allylic oxidation sites excluding steroid dienone is 1. The van der Waals surface area contributed by atoms with Gasteiger partial charge in [-0.2, -0.15) is 0 Å². The summed E-state index contributed by atoms with van der Waals surface area (Å²) in [7, 11) is 0. The lowest BCUT2D eigenvalue weighted by Crippen LogP contribution is -2.37. The smallest absolute Gasteiger partial charge is 0.160 e. The zero-order valence-corrected chi connectivity index (χ0v) is 16.8. The fourth-order valence-electron chi connectivity index (χ4n) is 5.75. The summed E-state index contributed by atoms with van der Waals surface area (Å²) in [6, 6.07) is 14.9. The average Bonchev–Trinajstić information content (AvgIpc) is 3.34. The summed E-state index contributed by atoms with van der Waals surface area (Å²) in [5, 5.41) is 0. The maximum atomic E-state index is 12.6. The molecular formula is C26H29NO. The topological polar surface area (TPSA) is 20.3 Å². The second kappa shape index (κ2) is 6.92. The maximum Gasteiger partial charge on any atom is 0.160 e. The molecule has 0 aromatic heterocycles. The molecule has 1 heterocycles. The highest BCUT2D eigenvalue weighted by atomic mass is 16.1. The lowest BCUT2D eigenvalue weighted by Gasteiger charge is -2.39. The number of Topliss-reactive ketones (excluding diaryl/α,β-unsaturated/α-hetero) is 1. The Hall–Kier alpha value is -2.35. The van der Waals surface area contributed by atoms with Crippen LogP contribution in [0.5, 0.6) is 0 Å². The molecule has 1 spiro atoms. The predicted molar refractivity (Wildman–Crippen MR) is 115 cm³/mol. The highest BCUT2D eigenvalue weighted by Gasteiger charge is 2.46. The van der Waals surface area contributed by atoms with Gasteiger partial charge in [0.05, 0.1) is 0 Å². The standard InChI is InChI=1S/C26H29NO/c1-19(28)22-18-24-21(16-23(22)20-10-4-2-5-11-20)17-25(26(24)12-6-7-13-26)27-14-8-3-9-15-27/h2,4-5,10-11,16-18H,3,6-9,12-15H2,1H3. The molecule has 1 saturated carbocycles. The van der Waals surface area contributed by atoms with Crippen LogP contribution in [-0.2, 0) is 5.41 Å². The van der Waals surface area contributed by atoms with Crippen LogP contribution in [0.1, 0.15) is 73.4 Å². The number of hydrogen-bond acceptors (Lipinski definition) is 2. The first-order valence-electron chi connectivity index (χ1n) is 10.9. The largest absolute Gasteiger partial charge is 0.374 e. The third-order valence-corrected chi connectivity index (χ3v) is 7.11. The SMILES string of the molecule is CC(=O)c1cc2c(cc1-c1ccccc1)C=C(N1CCCCC1)C21CCCC1. The van der Waals surface area contributed by atoms with Gasteiger partial charge in [0.1, 0.15) is 0 Å². The Morgan fingerprint density at radius 3 is 2.32 bits per heavy atom. The summed E-state index contributed by atoms with van der Waals surface area (Å²) in [6.07, 6.45) is 11.5. The Labute approximate surface area is 168 Å². The van der Waals surface area contributed by atoms with Crippen LogP contribution in [0.15, 0.2) is 48.2 Å². The van der Waals surface area contributed by atoms with E-state index in [9.17, 15) is 4.79 Å². The predicted octanol–water partition coefficient (Wildman–Crippen LogP) is 6.21. The van der Waals surface area contributed by atoms with Gasteiger partial charge in [-0.05, 0) is 79.5 Å². The minimum atomic E-state index is 0.145. The molecule has 3 aliphatic rings. The third kappa shape index (κ3) is 2.73. The Morgan fingerprint density at radius 2 is 1.64 bits per heavy atom. The summed E-state index contributed by atoms with van der Waals surface area (Å²) in [5.41, 5.74) is 7.53. The van der Waals surface area contributed by atoms with Crippen LogP contribution < -0.4 is 0 Å². The van der Waals surface area contributed by atoms with E-state index >= 15 is 0 Å². The van der Waals surface area contributed by atoms with E-state index in [2.05, 4.69) is 47.4 Å². The molecule has 2 aliphatic carbocycles. The van der Waals surface area contributed by atoms with Crippen LogP contribution in [0.3, 0.4) is 0 Å². The summed E-state index contributed by atoms with van der Waals surface area (Å²) in [4.78, 5) is 15.3. The molecule has 1 saturated heterocycles. The van der Waals surface area contributed by atoms with Crippen LogP contribution in [0.25, 0.3) is 17.2 Å². The average molecular weight is 372 g/mol. The number of benzene rings is 2. The van der Waals surface area contributed by atoms with Crippen molar-refractivity contribution in [2.24, 2.45) is 0 Å². The maximum absolute atomic E-state index is 12.6. The van der Waals surface area contributed by atoms with Gasteiger partial charge in [0.2, 0.25) is 0 Å². The quantitative estimate of drug-likeness (QED) is 0.598. The molecule has 0 atom stereocenters. The molecule has 1 aliphatic heterocycles. The second-order valence-electron chi connectivity index (χ2n) is 8.77. The second-order valence-corrected chi connectivity index (χ2v) is 8.77. The molecule has 2 aromatic rings. The number of fused-ring (bicyclic) bond motifs is 2. The van der Waals surface area contributed by atoms with E-state index in [0.717, 1.165) is 16.7 Å². The number of rotatable bonds is 3. The van der Waals surface area contributed by atoms with Gasteiger partial charge in [-0.15, -0.1) is 0 Å². The van der Waals surface area contributed by atoms with Crippen molar-refractivity contribution < 1.29 is 4.79 Å². The summed E-state index contributed by atoms with van der Waals surface area (Å²) in [6.45, 7) is 4.09. The van der Waals surface area contributed by atoms with Crippen molar-refractivity contribution in [3.8, 4) is 11.1 Å². The molecule has 0 amide bonds. The molecule has 144 valence electrons. The molecule has 2 aromatic carbocycles. The number of nitrogens with zero attached hydrogens (tertiary/aromatic N) is 1. The highest BCUT2D eigenvalue weighted by Crippen LogP contribution is 2.54. The van der Waals surface area contributed by atoms with Crippen molar-refractivity contribution in [2.45, 2.75) is 57.3 Å². The lowest BCUT2D eigenvalue weighted by atomic mass is 9.76. The monoisotopic (exact) mass is 371 g/mol. The van der Waals surface area contributed by atoms with Crippen LogP contribution in [0.2, 0.25) is 0 Å². The molecule has 28 heavy (non-hydrogen) atoms. The van der Waals surface area contributed by atoms with Gasteiger partial charge in [0, 0.05) is 29.8 Å². The van der Waals surface area contributed by atoms with Crippen molar-refractivity contribution in [1.29, 1.82) is 0 Å². The van der Waals surface area contributed by atoms with E-state index in [4.69, 9.17) is 0 Å². The molecule has 0 N–H and O–H groups in total. The van der Waals surface area contributed by atoms with Crippen LogP contribution in [-0.4, -0.2) is 23.8 Å². The fraction of sp³-hybridized carbons (Fsp3) is 0.423. The first-order valence-corrected chi connectivity index (χ1v) is 10.9. The summed E-state index contributed by atoms with van der Waals surface area (Å²) >= 11 is 0. The van der Waals surface area contributed by atoms with Crippen molar-refractivity contribution in [1.82, 2.24) is 4.90 Å². The number of carbonyl (C=O) groups is 1. The zero-order chi connectivity index (χ0) is 19.1. The summed E-state index contributed by atoms with van der Waals surface area (Å²) in [5.74, 6) is 0.168. The van der Waals surface area contributed by atoms with Gasteiger partial charge in [-0.25, -0.2) is 0 Å². The first-order chi connectivity index (χ1) is 13.7. The van der Waals surface area contributed by atoms with Crippen LogP contribution >= 0.6 is 0 Å². The molecule has 0 unspecified atom stereocenters. The van der Waals surface area contributed by atoms with Crippen LogP contribution in [0, 0.1) is 0 Å². The Morgan fingerprint density at radius 1 is 0.929 bits per heavy atom. The molecule has 2 fully saturated rings. The number of piperidine rings is 1. The van der Waals surface area contributed by atoms with Crippen molar-refractivity contribution in [3.05, 3.63) is 64.9 Å². The number of hydrogen-bond donors (Lipinski definition) is 0. The molecular weight excluding hydrogens is 342 g/mol. The first kappa shape index (κ1) is 17.7. The number of likely N-dealkylation sites (tertiary alicyclic amines) is 1. The number of carbonyl (C=O) groups excluding carboxylic acids is 1. The summed E-state index contributed by atoms with van der Waals surface area (Å²) < 4.78 is 0. The lowest BCUT2D eigenvalue weighted by molar-refractivity contribution is 0.101. The van der Waals surface area contributed by atoms with Gasteiger partial charge in [-0.1, -0.05) is 43.2 Å². The van der Waals surface area contributed by atoms with Gasteiger partial charge < -0.3 is 4.90 Å². The van der Waals surface area contributed by atoms with Gasteiger partial charge in [-0.3, -0.25) is 4.79 Å². The van der Waals surface area contributed by atoms with E-state index in [1.807, 2.05) is 6.07 Å². The van der Waals surface area contributed by atoms with Gasteiger partial charge >= 0.3 is 0 Å². The van der Waals surface area contributed by atoms with Crippen LogP contribution in [0.4, 0.5) is 0 Å². The normalized spacial score (nSPS) is 20.3. The molecule has 0 radical (unpaired) electrons. The van der Waals surface area contributed by atoms with Gasteiger partial charge in [0.25, 0.3) is 0 Å². The fourth-order valence-corrected chi connectivity index (χ4v) is 5.75. The van der Waals surface area contributed by atoms with E-state index in [-0.39, 0.29) is 11.2 Å². The molecule has 5 rings (SSSR count). The zero-order valence-electron chi connectivity index (χ0n) is 16.8. The van der Waals surface area contributed by atoms with Crippen molar-refractivity contribution in [3.63, 3.8) is 0 Å². The number of ketones is 1. The van der Waals surface area contributed by atoms with E-state index in [1.54, 1.807) is 12.6 Å². The third-order valence-electron chi connectivity index (χ3n) is 7.11.